The van der Waals surface area contributed by atoms with E-state index in [2.05, 4.69) is 41.4 Å². The standard InChI is InChI=1S/C20H27FN4O2/c1-19(2,3)13-20(4,5)25-18(26)24-16-17(23-11-10-22-16)27-12-14-6-8-15(21)9-7-14/h6-11H,12-13H2,1-5H3,(H2,22,24,25,26). The molecule has 0 saturated carbocycles. The average Bonchev–Trinajstić information content (AvgIpc) is 2.52. The number of halogens is 1. The fourth-order valence-electron chi connectivity index (χ4n) is 3.07. The molecule has 0 bridgehead atoms. The maximum atomic E-state index is 13.0. The molecule has 2 amide bonds. The molecule has 1 aromatic carbocycles. The molecule has 146 valence electrons. The zero-order chi connectivity index (χ0) is 20.1. The number of anilines is 1. The maximum absolute atomic E-state index is 13.0. The Morgan fingerprint density at radius 2 is 1.70 bits per heavy atom. The lowest BCUT2D eigenvalue weighted by atomic mass is 9.82. The van der Waals surface area contributed by atoms with E-state index in [0.717, 1.165) is 12.0 Å². The minimum absolute atomic E-state index is 0.0762. The van der Waals surface area contributed by atoms with Crippen molar-refractivity contribution in [3.8, 4) is 5.88 Å². The number of aromatic nitrogens is 2. The van der Waals surface area contributed by atoms with Crippen LogP contribution in [-0.2, 0) is 6.61 Å². The first-order valence-corrected chi connectivity index (χ1v) is 8.81. The Balaban J connectivity index is 2.00. The largest absolute Gasteiger partial charge is 0.470 e. The number of hydrogen-bond acceptors (Lipinski definition) is 4. The zero-order valence-electron chi connectivity index (χ0n) is 16.5. The van der Waals surface area contributed by atoms with Crippen LogP contribution >= 0.6 is 0 Å². The molecule has 1 heterocycles. The Kier molecular flexibility index (Phi) is 6.36. The van der Waals surface area contributed by atoms with Gasteiger partial charge in [0.15, 0.2) is 5.82 Å². The van der Waals surface area contributed by atoms with Gasteiger partial charge in [0.2, 0.25) is 0 Å². The van der Waals surface area contributed by atoms with Crippen LogP contribution in [0.4, 0.5) is 15.0 Å². The molecular weight excluding hydrogens is 347 g/mol. The molecule has 2 aromatic rings. The molecule has 6 nitrogen and oxygen atoms in total. The highest BCUT2D eigenvalue weighted by atomic mass is 19.1. The lowest BCUT2D eigenvalue weighted by Gasteiger charge is -2.33. The van der Waals surface area contributed by atoms with E-state index < -0.39 is 0 Å². The number of carbonyl (C=O) groups is 1. The van der Waals surface area contributed by atoms with E-state index in [4.69, 9.17) is 4.74 Å². The summed E-state index contributed by atoms with van der Waals surface area (Å²) < 4.78 is 18.6. The second-order valence-corrected chi connectivity index (χ2v) is 8.33. The molecule has 2 rings (SSSR count). The summed E-state index contributed by atoms with van der Waals surface area (Å²) in [6.07, 6.45) is 3.76. The van der Waals surface area contributed by atoms with Gasteiger partial charge in [-0.05, 0) is 43.4 Å². The maximum Gasteiger partial charge on any atom is 0.320 e. The third-order valence-electron chi connectivity index (χ3n) is 3.61. The van der Waals surface area contributed by atoms with Gasteiger partial charge < -0.3 is 10.1 Å². The number of amides is 2. The van der Waals surface area contributed by atoms with E-state index in [-0.39, 0.29) is 41.1 Å². The molecule has 0 aliphatic heterocycles. The lowest BCUT2D eigenvalue weighted by molar-refractivity contribution is 0.219. The molecule has 1 aromatic heterocycles. The summed E-state index contributed by atoms with van der Waals surface area (Å²) in [5.74, 6) is 0.115. The van der Waals surface area contributed by atoms with Gasteiger partial charge in [0, 0.05) is 17.9 Å². The first-order chi connectivity index (χ1) is 12.5. The molecule has 0 fully saturated rings. The van der Waals surface area contributed by atoms with E-state index in [1.807, 2.05) is 13.8 Å². The second kappa shape index (κ2) is 8.33. The Morgan fingerprint density at radius 3 is 2.33 bits per heavy atom. The number of benzene rings is 1. The Morgan fingerprint density at radius 1 is 1.07 bits per heavy atom. The van der Waals surface area contributed by atoms with Crippen molar-refractivity contribution < 1.29 is 13.9 Å². The van der Waals surface area contributed by atoms with Crippen molar-refractivity contribution in [2.45, 2.75) is 53.2 Å². The molecule has 0 spiro atoms. The highest BCUT2D eigenvalue weighted by molar-refractivity contribution is 5.89. The van der Waals surface area contributed by atoms with Crippen LogP contribution < -0.4 is 15.4 Å². The summed E-state index contributed by atoms with van der Waals surface area (Å²) in [7, 11) is 0. The molecule has 7 heteroatoms. The topological polar surface area (TPSA) is 76.1 Å². The minimum atomic E-state index is -0.389. The second-order valence-electron chi connectivity index (χ2n) is 8.33. The van der Waals surface area contributed by atoms with E-state index in [1.54, 1.807) is 12.1 Å². The fourth-order valence-corrected chi connectivity index (χ4v) is 3.07. The van der Waals surface area contributed by atoms with E-state index >= 15 is 0 Å². The van der Waals surface area contributed by atoms with Crippen LogP contribution in [0.5, 0.6) is 5.88 Å². The predicted molar refractivity (Wildman–Crippen MR) is 103 cm³/mol. The van der Waals surface area contributed by atoms with E-state index in [0.29, 0.717) is 0 Å². The summed E-state index contributed by atoms with van der Waals surface area (Å²) in [4.78, 5) is 20.6. The molecule has 0 atom stereocenters. The summed E-state index contributed by atoms with van der Waals surface area (Å²) >= 11 is 0. The van der Waals surface area contributed by atoms with Crippen LogP contribution in [0, 0.1) is 11.2 Å². The smallest absolute Gasteiger partial charge is 0.320 e. The number of rotatable bonds is 6. The lowest BCUT2D eigenvalue weighted by Crippen LogP contribution is -2.47. The fraction of sp³-hybridized carbons (Fsp3) is 0.450. The van der Waals surface area contributed by atoms with Gasteiger partial charge in [0.05, 0.1) is 0 Å². The quantitative estimate of drug-likeness (QED) is 0.779. The molecule has 0 aliphatic carbocycles. The third-order valence-corrected chi connectivity index (χ3v) is 3.61. The van der Waals surface area contributed by atoms with Crippen LogP contribution in [0.3, 0.4) is 0 Å². The van der Waals surface area contributed by atoms with Crippen LogP contribution in [0.2, 0.25) is 0 Å². The van der Waals surface area contributed by atoms with Gasteiger partial charge in [-0.25, -0.2) is 19.2 Å². The van der Waals surface area contributed by atoms with Gasteiger partial charge in [-0.2, -0.15) is 0 Å². The Labute approximate surface area is 159 Å². The first kappa shape index (κ1) is 20.6. The zero-order valence-corrected chi connectivity index (χ0v) is 16.5. The number of nitrogens with zero attached hydrogens (tertiary/aromatic N) is 2. The highest BCUT2D eigenvalue weighted by Gasteiger charge is 2.27. The van der Waals surface area contributed by atoms with E-state index in [9.17, 15) is 9.18 Å². The predicted octanol–water partition coefficient (Wildman–Crippen LogP) is 4.53. The van der Waals surface area contributed by atoms with Crippen molar-refractivity contribution in [1.29, 1.82) is 0 Å². The number of urea groups is 1. The Bertz CT molecular complexity index is 770. The van der Waals surface area contributed by atoms with Crippen LogP contribution in [0.25, 0.3) is 0 Å². The highest BCUT2D eigenvalue weighted by Crippen LogP contribution is 2.27. The van der Waals surface area contributed by atoms with Crippen molar-refractivity contribution >= 4 is 11.8 Å². The van der Waals surface area contributed by atoms with Crippen molar-refractivity contribution in [2.24, 2.45) is 5.41 Å². The van der Waals surface area contributed by atoms with E-state index in [1.165, 1.54) is 24.5 Å². The van der Waals surface area contributed by atoms with Crippen molar-refractivity contribution in [3.05, 3.63) is 48.0 Å². The van der Waals surface area contributed by atoms with Gasteiger partial charge in [-0.3, -0.25) is 5.32 Å². The van der Waals surface area contributed by atoms with Gasteiger partial charge in [-0.15, -0.1) is 0 Å². The third kappa shape index (κ3) is 7.21. The molecule has 0 aliphatic rings. The summed E-state index contributed by atoms with van der Waals surface area (Å²) in [5, 5.41) is 5.64. The molecule has 27 heavy (non-hydrogen) atoms. The molecule has 0 radical (unpaired) electrons. The number of carbonyl (C=O) groups excluding carboxylic acids is 1. The van der Waals surface area contributed by atoms with Gasteiger partial charge in [-0.1, -0.05) is 32.9 Å². The van der Waals surface area contributed by atoms with Gasteiger partial charge in [0.1, 0.15) is 12.4 Å². The van der Waals surface area contributed by atoms with Crippen molar-refractivity contribution in [3.63, 3.8) is 0 Å². The molecular formula is C20H27FN4O2. The number of ether oxygens (including phenoxy) is 1. The SMILES string of the molecule is CC(C)(C)CC(C)(C)NC(=O)Nc1nccnc1OCc1ccc(F)cc1. The van der Waals surface area contributed by atoms with Crippen LogP contribution in [0.15, 0.2) is 36.7 Å². The Hall–Kier alpha value is -2.70. The summed E-state index contributed by atoms with van der Waals surface area (Å²) in [6, 6.07) is 5.59. The minimum Gasteiger partial charge on any atom is -0.470 e. The number of hydrogen-bond donors (Lipinski definition) is 2. The number of nitrogens with one attached hydrogen (secondary N) is 2. The molecule has 0 saturated heterocycles. The van der Waals surface area contributed by atoms with Crippen molar-refractivity contribution in [2.75, 3.05) is 5.32 Å². The summed E-state index contributed by atoms with van der Waals surface area (Å²) in [6.45, 7) is 10.5. The van der Waals surface area contributed by atoms with Crippen molar-refractivity contribution in [1.82, 2.24) is 15.3 Å². The van der Waals surface area contributed by atoms with Gasteiger partial charge in [0.25, 0.3) is 5.88 Å². The average molecular weight is 374 g/mol. The summed E-state index contributed by atoms with van der Waals surface area (Å²) in [5.41, 5.74) is 0.468. The monoisotopic (exact) mass is 374 g/mol. The van der Waals surface area contributed by atoms with Crippen LogP contribution in [0.1, 0.15) is 46.6 Å². The molecule has 0 unspecified atom stereocenters. The first-order valence-electron chi connectivity index (χ1n) is 8.81. The normalized spacial score (nSPS) is 11.8. The van der Waals surface area contributed by atoms with Crippen LogP contribution in [-0.4, -0.2) is 21.5 Å². The molecule has 2 N–H and O–H groups in total. The van der Waals surface area contributed by atoms with Gasteiger partial charge >= 0.3 is 6.03 Å².